The molecule has 5 heteroatoms. The first-order valence-corrected chi connectivity index (χ1v) is 5.60. The van der Waals surface area contributed by atoms with Crippen LogP contribution in [0.15, 0.2) is 48.5 Å². The summed E-state index contributed by atoms with van der Waals surface area (Å²) in [6.45, 7) is 0. The average Bonchev–Trinajstić information content (AvgIpc) is 2.34. The Morgan fingerprint density at radius 3 is 1.61 bits per heavy atom. The summed E-state index contributed by atoms with van der Waals surface area (Å²) in [5, 5.41) is -0.120. The Bertz CT molecular complexity index is 541. The molecule has 0 unspecified atom stereocenters. The molecule has 0 amide bonds. The smallest absolute Gasteiger partial charge is 0.175 e. The molecule has 0 atom stereocenters. The molecule has 0 fully saturated rings. The van der Waals surface area contributed by atoms with E-state index in [2.05, 4.69) is 0 Å². The SMILES string of the molecule is NC(=S)N(c1ccccc1F)c1ccccc1F. The van der Waals surface area contributed by atoms with E-state index in [9.17, 15) is 8.78 Å². The zero-order chi connectivity index (χ0) is 13.1. The molecule has 0 heterocycles. The van der Waals surface area contributed by atoms with Gasteiger partial charge in [-0.2, -0.15) is 0 Å². The van der Waals surface area contributed by atoms with Crippen LogP contribution in [0.4, 0.5) is 20.2 Å². The van der Waals surface area contributed by atoms with Crippen molar-refractivity contribution in [2.75, 3.05) is 4.90 Å². The minimum absolute atomic E-state index is 0.120. The van der Waals surface area contributed by atoms with Crippen molar-refractivity contribution in [1.29, 1.82) is 0 Å². The number of nitrogens with two attached hydrogens (primary N) is 1. The summed E-state index contributed by atoms with van der Waals surface area (Å²) in [4.78, 5) is 1.17. The van der Waals surface area contributed by atoms with Gasteiger partial charge < -0.3 is 5.73 Å². The van der Waals surface area contributed by atoms with Crippen molar-refractivity contribution in [3.63, 3.8) is 0 Å². The van der Waals surface area contributed by atoms with Gasteiger partial charge in [-0.05, 0) is 36.5 Å². The van der Waals surface area contributed by atoms with Crippen LogP contribution in [0.5, 0.6) is 0 Å². The highest BCUT2D eigenvalue weighted by Crippen LogP contribution is 2.29. The monoisotopic (exact) mass is 264 g/mol. The van der Waals surface area contributed by atoms with Crippen LogP contribution < -0.4 is 10.6 Å². The molecule has 2 aromatic rings. The molecule has 2 nitrogen and oxygen atoms in total. The van der Waals surface area contributed by atoms with Gasteiger partial charge in [0.05, 0.1) is 11.4 Å². The van der Waals surface area contributed by atoms with Crippen molar-refractivity contribution in [2.24, 2.45) is 5.73 Å². The Hall–Kier alpha value is -2.01. The summed E-state index contributed by atoms with van der Waals surface area (Å²) in [6.07, 6.45) is 0. The first-order chi connectivity index (χ1) is 8.61. The topological polar surface area (TPSA) is 29.3 Å². The molecule has 0 aliphatic carbocycles. The number of nitrogens with zero attached hydrogens (tertiary/aromatic N) is 1. The van der Waals surface area contributed by atoms with Crippen molar-refractivity contribution in [3.05, 3.63) is 60.2 Å². The van der Waals surface area contributed by atoms with Crippen molar-refractivity contribution >= 4 is 28.7 Å². The van der Waals surface area contributed by atoms with E-state index in [0.717, 1.165) is 0 Å². The lowest BCUT2D eigenvalue weighted by atomic mass is 10.2. The van der Waals surface area contributed by atoms with E-state index in [1.54, 1.807) is 12.1 Å². The fourth-order valence-corrected chi connectivity index (χ4v) is 1.83. The van der Waals surface area contributed by atoms with Crippen molar-refractivity contribution in [1.82, 2.24) is 0 Å². The zero-order valence-corrected chi connectivity index (χ0v) is 10.1. The second-order valence-electron chi connectivity index (χ2n) is 3.58. The first-order valence-electron chi connectivity index (χ1n) is 5.20. The van der Waals surface area contributed by atoms with Crippen LogP contribution >= 0.6 is 12.2 Å². The minimum Gasteiger partial charge on any atom is -0.376 e. The van der Waals surface area contributed by atoms with Gasteiger partial charge in [0, 0.05) is 0 Å². The molecule has 0 aliphatic rings. The first kappa shape index (κ1) is 12.4. The van der Waals surface area contributed by atoms with E-state index in [0.29, 0.717) is 0 Å². The van der Waals surface area contributed by atoms with Crippen molar-refractivity contribution in [2.45, 2.75) is 0 Å². The maximum absolute atomic E-state index is 13.7. The molecule has 18 heavy (non-hydrogen) atoms. The second-order valence-corrected chi connectivity index (χ2v) is 3.99. The maximum Gasteiger partial charge on any atom is 0.175 e. The molecule has 0 aromatic heterocycles. The van der Waals surface area contributed by atoms with Gasteiger partial charge in [-0.1, -0.05) is 24.3 Å². The third-order valence-corrected chi connectivity index (χ3v) is 2.59. The number of rotatable bonds is 2. The lowest BCUT2D eigenvalue weighted by Crippen LogP contribution is -2.32. The minimum atomic E-state index is -0.520. The van der Waals surface area contributed by atoms with E-state index in [-0.39, 0.29) is 16.5 Å². The van der Waals surface area contributed by atoms with Crippen LogP contribution in [0.25, 0.3) is 0 Å². The molecule has 0 radical (unpaired) electrons. The number of benzene rings is 2. The van der Waals surface area contributed by atoms with E-state index in [1.165, 1.54) is 41.3 Å². The number of anilines is 2. The van der Waals surface area contributed by atoms with Crippen LogP contribution in [-0.4, -0.2) is 5.11 Å². The molecule has 2 rings (SSSR count). The normalized spacial score (nSPS) is 10.1. The van der Waals surface area contributed by atoms with Gasteiger partial charge in [-0.3, -0.25) is 4.90 Å². The molecule has 0 bridgehead atoms. The highest BCUT2D eigenvalue weighted by molar-refractivity contribution is 7.80. The third-order valence-electron chi connectivity index (χ3n) is 2.41. The van der Waals surface area contributed by atoms with Gasteiger partial charge in [0.25, 0.3) is 0 Å². The Labute approximate surface area is 109 Å². The predicted octanol–water partition coefficient (Wildman–Crippen LogP) is 3.35. The summed E-state index contributed by atoms with van der Waals surface area (Å²) >= 11 is 4.87. The molecule has 0 spiro atoms. The standard InChI is InChI=1S/C13H10F2N2S/c14-9-5-1-3-7-11(9)17(13(16)18)12-8-4-2-6-10(12)15/h1-8H,(H2,16,18). The summed E-state index contributed by atoms with van der Waals surface area (Å²) in [5.74, 6) is -1.04. The average molecular weight is 264 g/mol. The van der Waals surface area contributed by atoms with Crippen LogP contribution in [-0.2, 0) is 0 Å². The zero-order valence-electron chi connectivity index (χ0n) is 9.31. The van der Waals surface area contributed by atoms with Gasteiger partial charge in [0.2, 0.25) is 0 Å². The Morgan fingerprint density at radius 2 is 1.28 bits per heavy atom. The van der Waals surface area contributed by atoms with Gasteiger partial charge in [0.1, 0.15) is 11.6 Å². The van der Waals surface area contributed by atoms with Gasteiger partial charge in [-0.15, -0.1) is 0 Å². The van der Waals surface area contributed by atoms with Gasteiger partial charge >= 0.3 is 0 Å². The summed E-state index contributed by atoms with van der Waals surface area (Å²) in [7, 11) is 0. The van der Waals surface area contributed by atoms with E-state index in [1.807, 2.05) is 0 Å². The van der Waals surface area contributed by atoms with Crippen molar-refractivity contribution in [3.8, 4) is 0 Å². The lowest BCUT2D eigenvalue weighted by Gasteiger charge is -2.23. The molecule has 0 saturated carbocycles. The van der Waals surface area contributed by atoms with E-state index in [4.69, 9.17) is 18.0 Å². The summed E-state index contributed by atoms with van der Waals surface area (Å²) in [5.41, 5.74) is 5.80. The van der Waals surface area contributed by atoms with Crippen LogP contribution in [0.1, 0.15) is 0 Å². The quantitative estimate of drug-likeness (QED) is 0.843. The Kier molecular flexibility index (Phi) is 3.53. The highest BCUT2D eigenvalue weighted by atomic mass is 32.1. The number of hydrogen-bond acceptors (Lipinski definition) is 1. The highest BCUT2D eigenvalue weighted by Gasteiger charge is 2.18. The second kappa shape index (κ2) is 5.10. The molecular weight excluding hydrogens is 254 g/mol. The number of thiocarbonyl (C=S) groups is 1. The molecule has 0 saturated heterocycles. The largest absolute Gasteiger partial charge is 0.376 e. The maximum atomic E-state index is 13.7. The lowest BCUT2D eigenvalue weighted by molar-refractivity contribution is 0.620. The van der Waals surface area contributed by atoms with Crippen molar-refractivity contribution < 1.29 is 8.78 Å². The third kappa shape index (κ3) is 2.31. The summed E-state index contributed by atoms with van der Waals surface area (Å²) < 4.78 is 27.5. The van der Waals surface area contributed by atoms with Crippen LogP contribution in [0.3, 0.4) is 0 Å². The fraction of sp³-hybridized carbons (Fsp3) is 0. The molecular formula is C13H10F2N2S. The molecule has 92 valence electrons. The number of para-hydroxylation sites is 2. The van der Waals surface area contributed by atoms with E-state index < -0.39 is 11.6 Å². The fourth-order valence-electron chi connectivity index (χ4n) is 1.63. The number of hydrogen-bond donors (Lipinski definition) is 1. The van der Waals surface area contributed by atoms with Gasteiger partial charge in [0.15, 0.2) is 5.11 Å². The molecule has 2 aromatic carbocycles. The van der Waals surface area contributed by atoms with Gasteiger partial charge in [-0.25, -0.2) is 8.78 Å². The predicted molar refractivity (Wildman–Crippen MR) is 71.7 cm³/mol. The Balaban J connectivity index is 2.58. The summed E-state index contributed by atoms with van der Waals surface area (Å²) in [6, 6.07) is 11.8. The van der Waals surface area contributed by atoms with E-state index >= 15 is 0 Å². The molecule has 2 N–H and O–H groups in total. The van der Waals surface area contributed by atoms with Crippen LogP contribution in [0.2, 0.25) is 0 Å². The van der Waals surface area contributed by atoms with Crippen LogP contribution in [0, 0.1) is 11.6 Å². The number of halogens is 2. The Morgan fingerprint density at radius 1 is 0.889 bits per heavy atom. The molecule has 0 aliphatic heterocycles.